The Hall–Kier alpha value is -3.18. The fourth-order valence-electron chi connectivity index (χ4n) is 2.38. The maximum atomic E-state index is 13.3. The van der Waals surface area contributed by atoms with Crippen LogP contribution in [0.1, 0.15) is 16.7 Å². The summed E-state index contributed by atoms with van der Waals surface area (Å²) in [6, 6.07) is 11.8. The van der Waals surface area contributed by atoms with Crippen LogP contribution in [0.15, 0.2) is 66.5 Å². The standard InChI is InChI=1S/C22H22FNO3/c1-24-15-17-5-3-16(4-6-17)7-10-20(25)14-21(26)11-8-18-13-19(23)9-12-22(18)27-2/h3-14,24,26H,15H2,1-2H3/b10-7+,11-8+,21-14-. The van der Waals surface area contributed by atoms with Gasteiger partial charge >= 0.3 is 0 Å². The van der Waals surface area contributed by atoms with Gasteiger partial charge in [-0.1, -0.05) is 30.3 Å². The number of carbonyl (C=O) groups excluding carboxylic acids is 1. The normalized spacial score (nSPS) is 12.0. The van der Waals surface area contributed by atoms with E-state index < -0.39 is 5.82 Å². The maximum Gasteiger partial charge on any atom is 0.182 e. The lowest BCUT2D eigenvalue weighted by Gasteiger charge is -2.04. The number of halogens is 1. The number of aliphatic hydroxyl groups is 1. The molecule has 2 N–H and O–H groups in total. The third-order valence-electron chi connectivity index (χ3n) is 3.72. The van der Waals surface area contributed by atoms with E-state index in [2.05, 4.69) is 5.32 Å². The second-order valence-corrected chi connectivity index (χ2v) is 5.80. The average molecular weight is 367 g/mol. The molecule has 0 saturated carbocycles. The van der Waals surface area contributed by atoms with Crippen molar-refractivity contribution in [3.05, 3.63) is 89.0 Å². The number of ketones is 1. The van der Waals surface area contributed by atoms with Crippen molar-refractivity contribution in [3.8, 4) is 5.75 Å². The topological polar surface area (TPSA) is 58.6 Å². The van der Waals surface area contributed by atoms with E-state index in [-0.39, 0.29) is 11.5 Å². The molecule has 0 aliphatic heterocycles. The summed E-state index contributed by atoms with van der Waals surface area (Å²) >= 11 is 0. The van der Waals surface area contributed by atoms with Crippen LogP contribution in [-0.2, 0) is 11.3 Å². The number of benzene rings is 2. The van der Waals surface area contributed by atoms with Crippen molar-refractivity contribution < 1.29 is 19.0 Å². The van der Waals surface area contributed by atoms with Gasteiger partial charge in [-0.05, 0) is 54.6 Å². The van der Waals surface area contributed by atoms with Gasteiger partial charge < -0.3 is 15.2 Å². The third-order valence-corrected chi connectivity index (χ3v) is 3.72. The predicted octanol–water partition coefficient (Wildman–Crippen LogP) is 4.29. The van der Waals surface area contributed by atoms with E-state index in [0.29, 0.717) is 11.3 Å². The molecule has 0 aliphatic rings. The summed E-state index contributed by atoms with van der Waals surface area (Å²) < 4.78 is 18.4. The number of nitrogens with one attached hydrogen (secondary N) is 1. The molecule has 0 radical (unpaired) electrons. The van der Waals surface area contributed by atoms with Crippen LogP contribution in [0.2, 0.25) is 0 Å². The van der Waals surface area contributed by atoms with E-state index in [4.69, 9.17) is 4.74 Å². The number of methoxy groups -OCH3 is 1. The minimum absolute atomic E-state index is 0.236. The molecule has 4 nitrogen and oxygen atoms in total. The van der Waals surface area contributed by atoms with Crippen molar-refractivity contribution in [2.75, 3.05) is 14.2 Å². The maximum absolute atomic E-state index is 13.3. The summed E-state index contributed by atoms with van der Waals surface area (Å²) in [6.45, 7) is 0.780. The first-order chi connectivity index (χ1) is 13.0. The fourth-order valence-corrected chi connectivity index (χ4v) is 2.38. The smallest absolute Gasteiger partial charge is 0.182 e. The number of hydrogen-bond acceptors (Lipinski definition) is 4. The van der Waals surface area contributed by atoms with Crippen LogP contribution in [0.3, 0.4) is 0 Å². The zero-order chi connectivity index (χ0) is 19.6. The van der Waals surface area contributed by atoms with E-state index >= 15 is 0 Å². The zero-order valence-electron chi connectivity index (χ0n) is 15.3. The highest BCUT2D eigenvalue weighted by Crippen LogP contribution is 2.21. The Morgan fingerprint density at radius 3 is 2.56 bits per heavy atom. The van der Waals surface area contributed by atoms with E-state index in [1.54, 1.807) is 6.08 Å². The van der Waals surface area contributed by atoms with Gasteiger partial charge in [-0.3, -0.25) is 4.79 Å². The van der Waals surface area contributed by atoms with Crippen LogP contribution >= 0.6 is 0 Å². The highest BCUT2D eigenvalue weighted by molar-refractivity contribution is 6.02. The first kappa shape index (κ1) is 20.1. The molecule has 0 atom stereocenters. The molecule has 0 unspecified atom stereocenters. The molecule has 0 aliphatic carbocycles. The lowest BCUT2D eigenvalue weighted by Crippen LogP contribution is -2.04. The molecule has 5 heteroatoms. The number of allylic oxidation sites excluding steroid dienone is 3. The summed E-state index contributed by atoms with van der Waals surface area (Å²) in [4.78, 5) is 11.9. The Morgan fingerprint density at radius 1 is 1.15 bits per heavy atom. The molecule has 0 heterocycles. The molecule has 0 bridgehead atoms. The highest BCUT2D eigenvalue weighted by Gasteiger charge is 2.02. The van der Waals surface area contributed by atoms with E-state index in [1.807, 2.05) is 31.3 Å². The average Bonchev–Trinajstić information content (AvgIpc) is 2.66. The Labute approximate surface area is 158 Å². The minimum Gasteiger partial charge on any atom is -0.508 e. The van der Waals surface area contributed by atoms with Crippen molar-refractivity contribution in [1.29, 1.82) is 0 Å². The first-order valence-corrected chi connectivity index (χ1v) is 8.39. The van der Waals surface area contributed by atoms with Crippen molar-refractivity contribution in [2.45, 2.75) is 6.54 Å². The number of hydrogen-bond donors (Lipinski definition) is 2. The largest absolute Gasteiger partial charge is 0.508 e. The van der Waals surface area contributed by atoms with Crippen LogP contribution < -0.4 is 10.1 Å². The molecule has 2 aromatic carbocycles. The summed E-state index contributed by atoms with van der Waals surface area (Å²) in [5, 5.41) is 13.0. The molecule has 27 heavy (non-hydrogen) atoms. The van der Waals surface area contributed by atoms with Crippen LogP contribution in [0.5, 0.6) is 5.75 Å². The Bertz CT molecular complexity index is 868. The van der Waals surface area contributed by atoms with Crippen LogP contribution in [0, 0.1) is 5.82 Å². The summed E-state index contributed by atoms with van der Waals surface area (Å²) in [5.41, 5.74) is 2.50. The molecule has 0 saturated heterocycles. The first-order valence-electron chi connectivity index (χ1n) is 8.39. The van der Waals surface area contributed by atoms with Gasteiger partial charge in [-0.25, -0.2) is 4.39 Å². The van der Waals surface area contributed by atoms with E-state index in [1.165, 1.54) is 43.5 Å². The second-order valence-electron chi connectivity index (χ2n) is 5.80. The van der Waals surface area contributed by atoms with Gasteiger partial charge in [0.1, 0.15) is 17.3 Å². The molecule has 0 amide bonds. The second kappa shape index (κ2) is 10.1. The minimum atomic E-state index is -0.418. The van der Waals surface area contributed by atoms with Crippen LogP contribution in [-0.4, -0.2) is 25.0 Å². The van der Waals surface area contributed by atoms with Gasteiger partial charge in [-0.15, -0.1) is 0 Å². The van der Waals surface area contributed by atoms with Crippen molar-refractivity contribution >= 4 is 17.9 Å². The van der Waals surface area contributed by atoms with Gasteiger partial charge in [0.15, 0.2) is 5.78 Å². The fraction of sp³-hybridized carbons (Fsp3) is 0.136. The van der Waals surface area contributed by atoms with E-state index in [9.17, 15) is 14.3 Å². The molecule has 0 aromatic heterocycles. The van der Waals surface area contributed by atoms with Crippen molar-refractivity contribution in [3.63, 3.8) is 0 Å². The van der Waals surface area contributed by atoms with Gasteiger partial charge in [0.2, 0.25) is 0 Å². The predicted molar refractivity (Wildman–Crippen MR) is 106 cm³/mol. The molecule has 2 aromatic rings. The highest BCUT2D eigenvalue weighted by atomic mass is 19.1. The Kier molecular flexibility index (Phi) is 7.52. The quantitative estimate of drug-likeness (QED) is 0.415. The molecule has 0 spiro atoms. The summed E-state index contributed by atoms with van der Waals surface area (Å²) in [5.74, 6) is -0.546. The molecular formula is C22H22FNO3. The lowest BCUT2D eigenvalue weighted by molar-refractivity contribution is -0.110. The van der Waals surface area contributed by atoms with Gasteiger partial charge in [0.25, 0.3) is 0 Å². The number of rotatable bonds is 8. The van der Waals surface area contributed by atoms with Gasteiger partial charge in [0.05, 0.1) is 7.11 Å². The zero-order valence-corrected chi connectivity index (χ0v) is 15.3. The SMILES string of the molecule is CNCc1ccc(/C=C/C(=O)/C=C(O)/C=C/c2cc(F)ccc2OC)cc1. The monoisotopic (exact) mass is 367 g/mol. The number of aliphatic hydroxyl groups excluding tert-OH is 1. The summed E-state index contributed by atoms with van der Waals surface area (Å²) in [7, 11) is 3.35. The Balaban J connectivity index is 2.02. The lowest BCUT2D eigenvalue weighted by atomic mass is 10.1. The van der Waals surface area contributed by atoms with Gasteiger partial charge in [0, 0.05) is 18.2 Å². The Morgan fingerprint density at radius 2 is 1.89 bits per heavy atom. The third kappa shape index (κ3) is 6.56. The molecule has 2 rings (SSSR count). The van der Waals surface area contributed by atoms with E-state index in [0.717, 1.165) is 23.7 Å². The van der Waals surface area contributed by atoms with Crippen molar-refractivity contribution in [2.24, 2.45) is 0 Å². The number of ether oxygens (including phenoxy) is 1. The van der Waals surface area contributed by atoms with Crippen LogP contribution in [0.4, 0.5) is 4.39 Å². The molecule has 140 valence electrons. The molecule has 0 fully saturated rings. The van der Waals surface area contributed by atoms with Crippen LogP contribution in [0.25, 0.3) is 12.2 Å². The summed E-state index contributed by atoms with van der Waals surface area (Å²) in [6.07, 6.45) is 6.93. The molecular weight excluding hydrogens is 345 g/mol. The van der Waals surface area contributed by atoms with Crippen molar-refractivity contribution in [1.82, 2.24) is 5.32 Å². The van der Waals surface area contributed by atoms with Gasteiger partial charge in [-0.2, -0.15) is 0 Å². The number of carbonyl (C=O) groups is 1.